The largest absolute Gasteiger partial charge is 1.00 e. The molecule has 0 unspecified atom stereocenters. The van der Waals surface area contributed by atoms with Gasteiger partial charge in [0.15, 0.2) is 0 Å². The monoisotopic (exact) mass is 132 g/mol. The Bertz CT molecular complexity index is 80.0. The smallest absolute Gasteiger partial charge is 1.00 e. The Balaban J connectivity index is -0.000000125. The van der Waals surface area contributed by atoms with Crippen LogP contribution >= 0.6 is 0 Å². The number of carbonyl (C=O) groups is 2. The molecule has 0 atom stereocenters. The number of aliphatic carboxylic acids is 2. The minimum Gasteiger partial charge on any atom is -1.00 e. The summed E-state index contributed by atoms with van der Waals surface area (Å²) in [5.74, 6) is -3.65. The first-order valence-corrected chi connectivity index (χ1v) is 1.11. The van der Waals surface area contributed by atoms with Gasteiger partial charge in [0.25, 0.3) is 0 Å². The van der Waals surface area contributed by atoms with Crippen LogP contribution in [-0.4, -0.2) is 22.2 Å². The summed E-state index contributed by atoms with van der Waals surface area (Å²) in [7, 11) is 0. The summed E-state index contributed by atoms with van der Waals surface area (Å²) in [5.41, 5.74) is 0. The summed E-state index contributed by atoms with van der Waals surface area (Å²) >= 11 is 0. The quantitative estimate of drug-likeness (QED) is 0.254. The van der Waals surface area contributed by atoms with Crippen molar-refractivity contribution in [3.8, 4) is 0 Å². The van der Waals surface area contributed by atoms with Gasteiger partial charge in [0.1, 0.15) is 0 Å². The summed E-state index contributed by atoms with van der Waals surface area (Å²) in [4.78, 5) is 18.2. The van der Waals surface area contributed by atoms with Crippen LogP contribution in [0.1, 0.15) is 0 Å². The number of hydrogen-bond acceptors (Lipinski definition) is 2. The third kappa shape index (κ3) is 9.30. The van der Waals surface area contributed by atoms with Gasteiger partial charge in [-0.1, -0.05) is 0 Å². The van der Waals surface area contributed by atoms with Crippen molar-refractivity contribution in [2.24, 2.45) is 0 Å². The topological polar surface area (TPSA) is 74.6 Å². The SMILES string of the molecule is O=C(O)C(=O)O.[F-].[Na+]. The van der Waals surface area contributed by atoms with Crippen molar-refractivity contribution in [1.29, 1.82) is 0 Å². The fourth-order valence-corrected chi connectivity index (χ4v) is 0. The van der Waals surface area contributed by atoms with Crippen molar-refractivity contribution in [2.75, 3.05) is 0 Å². The molecule has 2 N–H and O–H groups in total. The minimum atomic E-state index is -1.82. The van der Waals surface area contributed by atoms with Crippen molar-refractivity contribution in [3.05, 3.63) is 0 Å². The zero-order chi connectivity index (χ0) is 5.15. The number of rotatable bonds is 0. The molecule has 0 heterocycles. The molecule has 0 saturated heterocycles. The predicted molar refractivity (Wildman–Crippen MR) is 15.3 cm³/mol. The van der Waals surface area contributed by atoms with Gasteiger partial charge in [0.05, 0.1) is 0 Å². The molecule has 0 bridgehead atoms. The molecule has 0 radical (unpaired) electrons. The Labute approximate surface area is 66.2 Å². The maximum Gasteiger partial charge on any atom is 1.00 e. The van der Waals surface area contributed by atoms with Crippen LogP contribution in [0, 0.1) is 0 Å². The molecule has 8 heavy (non-hydrogen) atoms. The Hall–Kier alpha value is -0.130. The summed E-state index contributed by atoms with van der Waals surface area (Å²) in [5, 5.41) is 14.8. The molecule has 0 rings (SSSR count). The Morgan fingerprint density at radius 2 is 1.12 bits per heavy atom. The molecule has 4 nitrogen and oxygen atoms in total. The van der Waals surface area contributed by atoms with Crippen molar-refractivity contribution in [1.82, 2.24) is 0 Å². The first kappa shape index (κ1) is 15.7. The molecule has 0 amide bonds. The van der Waals surface area contributed by atoms with E-state index in [0.717, 1.165) is 0 Å². The fourth-order valence-electron chi connectivity index (χ4n) is 0. The fraction of sp³-hybridized carbons (Fsp3) is 0. The Kier molecular flexibility index (Phi) is 13.4. The van der Waals surface area contributed by atoms with Gasteiger partial charge >= 0.3 is 41.5 Å². The summed E-state index contributed by atoms with van der Waals surface area (Å²) in [6.07, 6.45) is 0. The second kappa shape index (κ2) is 6.87. The molecular weight excluding hydrogens is 130 g/mol. The Morgan fingerprint density at radius 1 is 1.00 bits per heavy atom. The average molecular weight is 132 g/mol. The van der Waals surface area contributed by atoms with E-state index in [1.54, 1.807) is 0 Å². The molecule has 0 aromatic rings. The van der Waals surface area contributed by atoms with E-state index in [9.17, 15) is 0 Å². The van der Waals surface area contributed by atoms with Gasteiger partial charge in [0, 0.05) is 0 Å². The molecule has 0 spiro atoms. The van der Waals surface area contributed by atoms with Crippen LogP contribution in [0.5, 0.6) is 0 Å². The second-order valence-corrected chi connectivity index (χ2v) is 0.610. The van der Waals surface area contributed by atoms with Gasteiger partial charge in [-0.2, -0.15) is 0 Å². The van der Waals surface area contributed by atoms with E-state index in [1.807, 2.05) is 0 Å². The van der Waals surface area contributed by atoms with E-state index >= 15 is 0 Å². The molecule has 0 aliphatic carbocycles. The van der Waals surface area contributed by atoms with Crippen molar-refractivity contribution in [3.63, 3.8) is 0 Å². The maximum atomic E-state index is 9.10. The van der Waals surface area contributed by atoms with Crippen LogP contribution in [-0.2, 0) is 9.59 Å². The predicted octanol–water partition coefficient (Wildman–Crippen LogP) is -6.84. The molecule has 42 valence electrons. The van der Waals surface area contributed by atoms with Crippen molar-refractivity contribution >= 4 is 11.9 Å². The van der Waals surface area contributed by atoms with E-state index in [2.05, 4.69) is 0 Å². The zero-order valence-electron chi connectivity index (χ0n) is 4.09. The van der Waals surface area contributed by atoms with E-state index < -0.39 is 11.9 Å². The van der Waals surface area contributed by atoms with Gasteiger partial charge in [-0.05, 0) is 0 Å². The van der Waals surface area contributed by atoms with Crippen LogP contribution in [0.3, 0.4) is 0 Å². The van der Waals surface area contributed by atoms with Gasteiger partial charge in [-0.15, -0.1) is 0 Å². The molecule has 0 saturated carbocycles. The molecule has 0 aliphatic rings. The van der Waals surface area contributed by atoms with Crippen LogP contribution in [0.4, 0.5) is 0 Å². The summed E-state index contributed by atoms with van der Waals surface area (Å²) in [6, 6.07) is 0. The van der Waals surface area contributed by atoms with Crippen molar-refractivity contribution < 1.29 is 54.1 Å². The van der Waals surface area contributed by atoms with Gasteiger partial charge in [-0.3, -0.25) is 0 Å². The molecule has 0 aliphatic heterocycles. The van der Waals surface area contributed by atoms with E-state index in [4.69, 9.17) is 19.8 Å². The van der Waals surface area contributed by atoms with Crippen LogP contribution in [0.2, 0.25) is 0 Å². The van der Waals surface area contributed by atoms with E-state index in [-0.39, 0.29) is 34.3 Å². The second-order valence-electron chi connectivity index (χ2n) is 0.610. The standard InChI is InChI=1S/C2H2O4.FH.Na/c3-1(4)2(5)6;;/h(H,3,4)(H,5,6);1H;/q;;+1/p-1. The normalized spacial score (nSPS) is 5.50. The van der Waals surface area contributed by atoms with E-state index in [1.165, 1.54) is 0 Å². The minimum absolute atomic E-state index is 0. The zero-order valence-corrected chi connectivity index (χ0v) is 6.09. The van der Waals surface area contributed by atoms with E-state index in [0.29, 0.717) is 0 Å². The molecule has 0 aromatic carbocycles. The van der Waals surface area contributed by atoms with Gasteiger partial charge < -0.3 is 14.9 Å². The summed E-state index contributed by atoms with van der Waals surface area (Å²) in [6.45, 7) is 0. The number of hydrogen-bond donors (Lipinski definition) is 2. The molecule has 0 aromatic heterocycles. The van der Waals surface area contributed by atoms with Gasteiger partial charge in [-0.25, -0.2) is 9.59 Å². The Morgan fingerprint density at radius 3 is 1.12 bits per heavy atom. The maximum absolute atomic E-state index is 9.10. The number of carboxylic acid groups (broad SMARTS) is 2. The third-order valence-electron chi connectivity index (χ3n) is 0.183. The molecule has 0 fully saturated rings. The average Bonchev–Trinajstić information content (AvgIpc) is 1.36. The van der Waals surface area contributed by atoms with Crippen LogP contribution in [0.15, 0.2) is 0 Å². The van der Waals surface area contributed by atoms with Crippen LogP contribution in [0.25, 0.3) is 0 Å². The first-order valence-electron chi connectivity index (χ1n) is 1.11. The number of halogens is 1. The van der Waals surface area contributed by atoms with Gasteiger partial charge in [0.2, 0.25) is 0 Å². The third-order valence-corrected chi connectivity index (χ3v) is 0.183. The molecule has 6 heteroatoms. The first-order chi connectivity index (χ1) is 2.64. The number of carboxylic acids is 2. The van der Waals surface area contributed by atoms with Crippen molar-refractivity contribution in [2.45, 2.75) is 0 Å². The summed E-state index contributed by atoms with van der Waals surface area (Å²) < 4.78 is 0. The van der Waals surface area contributed by atoms with Crippen LogP contribution < -0.4 is 34.3 Å². The molecular formula is C2H2FNaO4.